The van der Waals surface area contributed by atoms with Crippen LogP contribution in [-0.2, 0) is 4.74 Å². The third kappa shape index (κ3) is 2.27. The number of Topliss-reactive ketones (excluding diaryl/α,β-unsaturated/α-hetero) is 1. The largest absolute Gasteiger partial charge is 0.505 e. The molecule has 0 radical (unpaired) electrons. The lowest BCUT2D eigenvalue weighted by Gasteiger charge is -2.12. The molecule has 3 N–H and O–H groups in total. The number of ketones is 1. The molecule has 1 heterocycles. The molecule has 0 aliphatic rings. The number of carbonyl (C=O) groups excluding carboxylic acids is 2. The van der Waals surface area contributed by atoms with E-state index in [0.717, 1.165) is 0 Å². The molecule has 0 bridgehead atoms. The zero-order valence-electron chi connectivity index (χ0n) is 12.0. The SMILES string of the molecule is COC(=O)c1c(N)c(C#N)cn1-c1cccc(C(C)=O)c1O. The molecule has 0 fully saturated rings. The lowest BCUT2D eigenvalue weighted by atomic mass is 10.1. The van der Waals surface area contributed by atoms with E-state index >= 15 is 0 Å². The van der Waals surface area contributed by atoms with Crippen molar-refractivity contribution in [2.75, 3.05) is 12.8 Å². The van der Waals surface area contributed by atoms with Crippen molar-refractivity contribution in [2.45, 2.75) is 6.92 Å². The van der Waals surface area contributed by atoms with E-state index in [1.54, 1.807) is 6.07 Å². The summed E-state index contributed by atoms with van der Waals surface area (Å²) in [6.45, 7) is 1.31. The third-order valence-corrected chi connectivity index (χ3v) is 3.20. The maximum absolute atomic E-state index is 11.9. The molecule has 0 saturated heterocycles. The molecule has 0 spiro atoms. The number of esters is 1. The predicted molar refractivity (Wildman–Crippen MR) is 77.9 cm³/mol. The van der Waals surface area contributed by atoms with E-state index in [-0.39, 0.29) is 39.7 Å². The van der Waals surface area contributed by atoms with Crippen molar-refractivity contribution in [1.29, 1.82) is 5.26 Å². The van der Waals surface area contributed by atoms with Crippen LogP contribution in [0.3, 0.4) is 0 Å². The van der Waals surface area contributed by atoms with Crippen LogP contribution < -0.4 is 5.73 Å². The molecule has 112 valence electrons. The minimum Gasteiger partial charge on any atom is -0.505 e. The number of phenols is 1. The summed E-state index contributed by atoms with van der Waals surface area (Å²) in [4.78, 5) is 23.4. The topological polar surface area (TPSA) is 118 Å². The molecule has 1 aromatic carbocycles. The first-order valence-corrected chi connectivity index (χ1v) is 6.24. The first-order valence-electron chi connectivity index (χ1n) is 6.24. The number of aromatic nitrogens is 1. The van der Waals surface area contributed by atoms with Gasteiger partial charge in [-0.25, -0.2) is 4.79 Å². The number of nitrogens with two attached hydrogens (primary N) is 1. The second-order valence-corrected chi connectivity index (χ2v) is 4.51. The Balaban J connectivity index is 2.79. The summed E-state index contributed by atoms with van der Waals surface area (Å²) < 4.78 is 5.89. The number of carbonyl (C=O) groups is 2. The number of methoxy groups -OCH3 is 1. The number of hydrogen-bond donors (Lipinski definition) is 2. The number of phenolic OH excluding ortho intramolecular Hbond substituents is 1. The minimum atomic E-state index is -0.758. The molecule has 0 aliphatic carbocycles. The summed E-state index contributed by atoms with van der Waals surface area (Å²) in [5.41, 5.74) is 5.96. The highest BCUT2D eigenvalue weighted by Crippen LogP contribution is 2.31. The second-order valence-electron chi connectivity index (χ2n) is 4.51. The van der Waals surface area contributed by atoms with Crippen LogP contribution in [0.5, 0.6) is 5.75 Å². The number of ether oxygens (including phenoxy) is 1. The molecule has 0 amide bonds. The number of rotatable bonds is 3. The number of benzene rings is 1. The number of nitriles is 1. The number of hydrogen-bond acceptors (Lipinski definition) is 6. The molecule has 7 nitrogen and oxygen atoms in total. The summed E-state index contributed by atoms with van der Waals surface area (Å²) in [7, 11) is 1.18. The van der Waals surface area contributed by atoms with E-state index in [9.17, 15) is 14.7 Å². The monoisotopic (exact) mass is 299 g/mol. The van der Waals surface area contributed by atoms with Gasteiger partial charge < -0.3 is 20.1 Å². The summed E-state index contributed by atoms with van der Waals surface area (Å²) in [5.74, 6) is -1.40. The van der Waals surface area contributed by atoms with Gasteiger partial charge in [0.2, 0.25) is 0 Å². The van der Waals surface area contributed by atoms with Crippen LogP contribution in [0.15, 0.2) is 24.4 Å². The molecular formula is C15H13N3O4. The quantitative estimate of drug-likeness (QED) is 0.656. The molecule has 2 aromatic rings. The number of para-hydroxylation sites is 1. The highest BCUT2D eigenvalue weighted by molar-refractivity contribution is 5.99. The average Bonchev–Trinajstić information content (AvgIpc) is 2.83. The van der Waals surface area contributed by atoms with Gasteiger partial charge in [0.1, 0.15) is 11.8 Å². The van der Waals surface area contributed by atoms with E-state index < -0.39 is 5.97 Å². The third-order valence-electron chi connectivity index (χ3n) is 3.20. The van der Waals surface area contributed by atoms with Crippen LogP contribution in [0.1, 0.15) is 33.3 Å². The fraction of sp³-hybridized carbons (Fsp3) is 0.133. The number of anilines is 1. The van der Waals surface area contributed by atoms with Gasteiger partial charge in [-0.15, -0.1) is 0 Å². The Morgan fingerprint density at radius 2 is 2.09 bits per heavy atom. The molecule has 0 saturated carbocycles. The summed E-state index contributed by atoms with van der Waals surface area (Å²) in [5, 5.41) is 19.3. The summed E-state index contributed by atoms with van der Waals surface area (Å²) >= 11 is 0. The van der Waals surface area contributed by atoms with Crippen molar-refractivity contribution in [3.8, 4) is 17.5 Å². The van der Waals surface area contributed by atoms with Crippen LogP contribution in [0, 0.1) is 11.3 Å². The molecule has 0 aliphatic heterocycles. The minimum absolute atomic E-state index is 0.0537. The zero-order valence-corrected chi connectivity index (χ0v) is 12.0. The van der Waals surface area contributed by atoms with E-state index in [2.05, 4.69) is 4.74 Å². The van der Waals surface area contributed by atoms with Crippen molar-refractivity contribution in [1.82, 2.24) is 4.57 Å². The predicted octanol–water partition coefficient (Wildman–Crippen LogP) is 1.63. The van der Waals surface area contributed by atoms with Crippen molar-refractivity contribution < 1.29 is 19.4 Å². The molecule has 22 heavy (non-hydrogen) atoms. The van der Waals surface area contributed by atoms with Gasteiger partial charge in [0.15, 0.2) is 11.5 Å². The van der Waals surface area contributed by atoms with Crippen molar-refractivity contribution in [3.05, 3.63) is 41.2 Å². The smallest absolute Gasteiger partial charge is 0.357 e. The van der Waals surface area contributed by atoms with E-state index in [4.69, 9.17) is 11.0 Å². The maximum atomic E-state index is 11.9. The Kier molecular flexibility index (Phi) is 3.86. The van der Waals surface area contributed by atoms with Crippen molar-refractivity contribution >= 4 is 17.4 Å². The number of nitrogen functional groups attached to an aromatic ring is 1. The number of aromatic hydroxyl groups is 1. The van der Waals surface area contributed by atoms with Gasteiger partial charge in [-0.2, -0.15) is 5.26 Å². The molecule has 0 unspecified atom stereocenters. The lowest BCUT2D eigenvalue weighted by Crippen LogP contribution is -2.11. The van der Waals surface area contributed by atoms with Crippen LogP contribution >= 0.6 is 0 Å². The summed E-state index contributed by atoms with van der Waals surface area (Å²) in [6.07, 6.45) is 1.31. The van der Waals surface area contributed by atoms with Crippen LogP contribution in [0.4, 0.5) is 5.69 Å². The molecule has 2 rings (SSSR count). The Labute approximate surface area is 126 Å². The Morgan fingerprint density at radius 1 is 1.41 bits per heavy atom. The zero-order chi connectivity index (χ0) is 16.4. The van der Waals surface area contributed by atoms with Gasteiger partial charge in [0, 0.05) is 6.20 Å². The van der Waals surface area contributed by atoms with Crippen LogP contribution in [0.2, 0.25) is 0 Å². The molecule has 1 aromatic heterocycles. The Bertz CT molecular complexity index is 815. The fourth-order valence-corrected chi connectivity index (χ4v) is 2.11. The number of nitrogens with zero attached hydrogens (tertiary/aromatic N) is 2. The molecular weight excluding hydrogens is 286 g/mol. The average molecular weight is 299 g/mol. The van der Waals surface area contributed by atoms with Gasteiger partial charge in [-0.1, -0.05) is 6.07 Å². The van der Waals surface area contributed by atoms with Gasteiger partial charge in [-0.3, -0.25) is 4.79 Å². The van der Waals surface area contributed by atoms with Gasteiger partial charge in [-0.05, 0) is 19.1 Å². The van der Waals surface area contributed by atoms with Crippen molar-refractivity contribution in [2.24, 2.45) is 0 Å². The van der Waals surface area contributed by atoms with Gasteiger partial charge in [0.05, 0.1) is 29.6 Å². The lowest BCUT2D eigenvalue weighted by molar-refractivity contribution is 0.0593. The highest BCUT2D eigenvalue weighted by atomic mass is 16.5. The van der Waals surface area contributed by atoms with E-state index in [1.807, 2.05) is 6.07 Å². The van der Waals surface area contributed by atoms with Gasteiger partial charge in [0.25, 0.3) is 0 Å². The Hall–Kier alpha value is -3.27. The fourth-order valence-electron chi connectivity index (χ4n) is 2.11. The van der Waals surface area contributed by atoms with E-state index in [1.165, 1.54) is 36.9 Å². The second kappa shape index (κ2) is 5.61. The Morgan fingerprint density at radius 3 is 2.64 bits per heavy atom. The maximum Gasteiger partial charge on any atom is 0.357 e. The first-order chi connectivity index (χ1) is 10.4. The normalized spacial score (nSPS) is 10.0. The van der Waals surface area contributed by atoms with Gasteiger partial charge >= 0.3 is 5.97 Å². The highest BCUT2D eigenvalue weighted by Gasteiger charge is 2.24. The van der Waals surface area contributed by atoms with Crippen molar-refractivity contribution in [3.63, 3.8) is 0 Å². The first kappa shape index (κ1) is 15.1. The molecule has 7 heteroatoms. The summed E-state index contributed by atoms with van der Waals surface area (Å²) in [6, 6.07) is 6.36. The van der Waals surface area contributed by atoms with Crippen LogP contribution in [0.25, 0.3) is 5.69 Å². The molecule has 0 atom stereocenters. The standard InChI is InChI=1S/C15H13N3O4/c1-8(19)10-4-3-5-11(14(10)20)18-7-9(6-16)12(17)13(18)15(21)22-2/h3-5,7,20H,17H2,1-2H3. The van der Waals surface area contributed by atoms with Crippen LogP contribution in [-0.4, -0.2) is 28.5 Å². The van der Waals surface area contributed by atoms with E-state index in [0.29, 0.717) is 0 Å².